The first-order valence-electron chi connectivity index (χ1n) is 6.91. The summed E-state index contributed by atoms with van der Waals surface area (Å²) in [6.45, 7) is 5.17. The highest BCUT2D eigenvalue weighted by Crippen LogP contribution is 2.31. The molecule has 0 aliphatic rings. The van der Waals surface area contributed by atoms with Gasteiger partial charge >= 0.3 is 6.18 Å². The topological polar surface area (TPSA) is 49.8 Å². The minimum absolute atomic E-state index is 0.0230. The molecule has 0 spiro atoms. The Balaban J connectivity index is 2.40. The van der Waals surface area contributed by atoms with E-state index in [9.17, 15) is 17.6 Å². The summed E-state index contributed by atoms with van der Waals surface area (Å²) in [5.41, 5.74) is -0.0397. The van der Waals surface area contributed by atoms with Crippen molar-refractivity contribution in [3.8, 4) is 0 Å². The van der Waals surface area contributed by atoms with E-state index in [4.69, 9.17) is 0 Å². The molecule has 0 aliphatic carbocycles. The summed E-state index contributed by atoms with van der Waals surface area (Å²) in [5, 5.41) is 5.51. The average molecular weight is 328 g/mol. The lowest BCUT2D eigenvalue weighted by molar-refractivity contribution is -0.141. The number of rotatable bonds is 4. The van der Waals surface area contributed by atoms with Crippen LogP contribution >= 0.6 is 0 Å². The predicted octanol–water partition coefficient (Wildman–Crippen LogP) is 4.51. The molecule has 0 radical (unpaired) electrons. The Bertz CT molecular complexity index is 698. The van der Waals surface area contributed by atoms with Crippen molar-refractivity contribution in [1.29, 1.82) is 0 Å². The fraction of sp³-hybridized carbons (Fsp3) is 0.333. The molecule has 4 nitrogen and oxygen atoms in total. The second-order valence-corrected chi connectivity index (χ2v) is 5.34. The molecule has 0 atom stereocenters. The summed E-state index contributed by atoms with van der Waals surface area (Å²) in [6.07, 6.45) is -4.59. The zero-order valence-electron chi connectivity index (χ0n) is 12.8. The molecule has 1 heterocycles. The van der Waals surface area contributed by atoms with Crippen LogP contribution in [0.15, 0.2) is 24.3 Å². The fourth-order valence-corrected chi connectivity index (χ4v) is 1.88. The minimum atomic E-state index is -4.59. The summed E-state index contributed by atoms with van der Waals surface area (Å²) in [7, 11) is 0. The second-order valence-electron chi connectivity index (χ2n) is 5.34. The lowest BCUT2D eigenvalue weighted by Gasteiger charge is -2.15. The van der Waals surface area contributed by atoms with Gasteiger partial charge in [-0.2, -0.15) is 18.2 Å². The standard InChI is InChI=1S/C15H16F4N4/c1-8(2)20-14-22-12(15(17,18)19)7-13(23-14)21-11-5-4-10(16)6-9(11)3/h4-8H,1-3H3,(H2,20,21,22,23). The minimum Gasteiger partial charge on any atom is -0.352 e. The van der Waals surface area contributed by atoms with Gasteiger partial charge in [-0.25, -0.2) is 9.37 Å². The number of hydrogen-bond donors (Lipinski definition) is 2. The van der Waals surface area contributed by atoms with Crippen molar-refractivity contribution in [3.05, 3.63) is 41.3 Å². The van der Waals surface area contributed by atoms with Crippen LogP contribution in [0.1, 0.15) is 25.1 Å². The highest BCUT2D eigenvalue weighted by Gasteiger charge is 2.33. The van der Waals surface area contributed by atoms with Gasteiger partial charge in [0, 0.05) is 17.8 Å². The van der Waals surface area contributed by atoms with Crippen LogP contribution in [0.4, 0.5) is 35.0 Å². The maximum atomic E-state index is 13.1. The summed E-state index contributed by atoms with van der Waals surface area (Å²) >= 11 is 0. The molecule has 0 aliphatic heterocycles. The first-order valence-corrected chi connectivity index (χ1v) is 6.91. The van der Waals surface area contributed by atoms with Crippen molar-refractivity contribution < 1.29 is 17.6 Å². The normalized spacial score (nSPS) is 11.7. The van der Waals surface area contributed by atoms with E-state index >= 15 is 0 Å². The molecule has 0 saturated carbocycles. The average Bonchev–Trinajstić information content (AvgIpc) is 2.40. The van der Waals surface area contributed by atoms with Crippen molar-refractivity contribution in [3.63, 3.8) is 0 Å². The smallest absolute Gasteiger partial charge is 0.352 e. The Labute approximate surface area is 131 Å². The van der Waals surface area contributed by atoms with E-state index in [1.54, 1.807) is 20.8 Å². The van der Waals surface area contributed by atoms with Crippen LogP contribution in [0, 0.1) is 12.7 Å². The molecule has 2 rings (SSSR count). The number of anilines is 3. The molecule has 23 heavy (non-hydrogen) atoms. The van der Waals surface area contributed by atoms with Crippen LogP contribution in [0.2, 0.25) is 0 Å². The highest BCUT2D eigenvalue weighted by molar-refractivity contribution is 5.61. The van der Waals surface area contributed by atoms with Crippen molar-refractivity contribution in [2.75, 3.05) is 10.6 Å². The monoisotopic (exact) mass is 328 g/mol. The third-order valence-electron chi connectivity index (χ3n) is 2.89. The first-order chi connectivity index (χ1) is 10.6. The summed E-state index contributed by atoms with van der Waals surface area (Å²) in [4.78, 5) is 7.49. The SMILES string of the molecule is Cc1cc(F)ccc1Nc1cc(C(F)(F)F)nc(NC(C)C)n1. The van der Waals surface area contributed by atoms with Crippen molar-refractivity contribution in [2.45, 2.75) is 33.0 Å². The zero-order chi connectivity index (χ0) is 17.2. The van der Waals surface area contributed by atoms with Gasteiger partial charge in [-0.05, 0) is 44.5 Å². The molecule has 0 saturated heterocycles. The van der Waals surface area contributed by atoms with Gasteiger partial charge in [-0.3, -0.25) is 0 Å². The van der Waals surface area contributed by atoms with E-state index in [0.29, 0.717) is 11.3 Å². The number of nitrogens with zero attached hydrogens (tertiary/aromatic N) is 2. The number of nitrogens with one attached hydrogen (secondary N) is 2. The van der Waals surface area contributed by atoms with E-state index in [0.717, 1.165) is 6.07 Å². The number of halogens is 4. The van der Waals surface area contributed by atoms with Gasteiger partial charge in [0.2, 0.25) is 5.95 Å². The van der Waals surface area contributed by atoms with Gasteiger partial charge in [-0.15, -0.1) is 0 Å². The van der Waals surface area contributed by atoms with Crippen LogP contribution in [0.3, 0.4) is 0 Å². The number of aromatic nitrogens is 2. The van der Waals surface area contributed by atoms with Crippen LogP contribution < -0.4 is 10.6 Å². The molecule has 8 heteroatoms. The summed E-state index contributed by atoms with van der Waals surface area (Å²) in [6, 6.07) is 4.62. The van der Waals surface area contributed by atoms with Crippen LogP contribution in [0.5, 0.6) is 0 Å². The molecule has 2 N–H and O–H groups in total. The molecule has 0 unspecified atom stereocenters. The number of hydrogen-bond acceptors (Lipinski definition) is 4. The summed E-state index contributed by atoms with van der Waals surface area (Å²) < 4.78 is 52.0. The Morgan fingerprint density at radius 1 is 1.09 bits per heavy atom. The number of alkyl halides is 3. The van der Waals surface area contributed by atoms with E-state index in [2.05, 4.69) is 20.6 Å². The van der Waals surface area contributed by atoms with E-state index in [-0.39, 0.29) is 17.8 Å². The van der Waals surface area contributed by atoms with Gasteiger partial charge < -0.3 is 10.6 Å². The van der Waals surface area contributed by atoms with Crippen LogP contribution in [0.25, 0.3) is 0 Å². The molecule has 124 valence electrons. The second kappa shape index (κ2) is 6.39. The molecule has 0 amide bonds. The first kappa shape index (κ1) is 17.0. The van der Waals surface area contributed by atoms with E-state index in [1.165, 1.54) is 18.2 Å². The lowest BCUT2D eigenvalue weighted by atomic mass is 10.2. The number of benzene rings is 1. The molecule has 1 aromatic heterocycles. The number of aryl methyl sites for hydroxylation is 1. The molecule has 0 fully saturated rings. The van der Waals surface area contributed by atoms with Crippen LogP contribution in [-0.4, -0.2) is 16.0 Å². The van der Waals surface area contributed by atoms with Gasteiger partial charge in [0.1, 0.15) is 11.6 Å². The molecular formula is C15H16F4N4. The largest absolute Gasteiger partial charge is 0.433 e. The zero-order valence-corrected chi connectivity index (χ0v) is 12.8. The Kier molecular flexibility index (Phi) is 4.72. The molecular weight excluding hydrogens is 312 g/mol. The molecule has 1 aromatic carbocycles. The Morgan fingerprint density at radius 2 is 1.78 bits per heavy atom. The maximum Gasteiger partial charge on any atom is 0.433 e. The highest BCUT2D eigenvalue weighted by atomic mass is 19.4. The van der Waals surface area contributed by atoms with Crippen molar-refractivity contribution in [1.82, 2.24) is 9.97 Å². The van der Waals surface area contributed by atoms with E-state index in [1.807, 2.05) is 0 Å². The fourth-order valence-electron chi connectivity index (χ4n) is 1.88. The third-order valence-corrected chi connectivity index (χ3v) is 2.89. The third kappa shape index (κ3) is 4.54. The van der Waals surface area contributed by atoms with Crippen molar-refractivity contribution in [2.24, 2.45) is 0 Å². The summed E-state index contributed by atoms with van der Waals surface area (Å²) in [5.74, 6) is -0.573. The van der Waals surface area contributed by atoms with Gasteiger partial charge in [0.15, 0.2) is 5.69 Å². The Hall–Kier alpha value is -2.38. The Morgan fingerprint density at radius 3 is 2.35 bits per heavy atom. The van der Waals surface area contributed by atoms with Crippen LogP contribution in [-0.2, 0) is 6.18 Å². The molecule has 2 aromatic rings. The molecule has 0 bridgehead atoms. The van der Waals surface area contributed by atoms with Gasteiger partial charge in [-0.1, -0.05) is 0 Å². The predicted molar refractivity (Wildman–Crippen MR) is 80.2 cm³/mol. The van der Waals surface area contributed by atoms with E-state index < -0.39 is 17.7 Å². The van der Waals surface area contributed by atoms with Gasteiger partial charge in [0.25, 0.3) is 0 Å². The maximum absolute atomic E-state index is 13.1. The van der Waals surface area contributed by atoms with Gasteiger partial charge in [0.05, 0.1) is 0 Å². The quantitative estimate of drug-likeness (QED) is 0.811. The lowest BCUT2D eigenvalue weighted by Crippen LogP contribution is -2.17. The van der Waals surface area contributed by atoms with Crippen molar-refractivity contribution >= 4 is 17.5 Å².